The quantitative estimate of drug-likeness (QED) is 0.463. The lowest BCUT2D eigenvalue weighted by molar-refractivity contribution is 0.464. The van der Waals surface area contributed by atoms with Gasteiger partial charge in [-0.15, -0.1) is 10.2 Å². The minimum absolute atomic E-state index is 0.475. The molecule has 0 aliphatic carbocycles. The van der Waals surface area contributed by atoms with Gasteiger partial charge in [-0.3, -0.25) is 0 Å². The first-order chi connectivity index (χ1) is 12.6. The summed E-state index contributed by atoms with van der Waals surface area (Å²) in [7, 11) is 0. The van der Waals surface area contributed by atoms with Crippen molar-refractivity contribution < 1.29 is 4.42 Å². The summed E-state index contributed by atoms with van der Waals surface area (Å²) in [4.78, 5) is 0. The molecule has 0 fully saturated rings. The Morgan fingerprint density at radius 2 is 1.81 bits per heavy atom. The van der Waals surface area contributed by atoms with E-state index < -0.39 is 0 Å². The zero-order valence-corrected chi connectivity index (χ0v) is 15.6. The van der Waals surface area contributed by atoms with Gasteiger partial charge in [0.1, 0.15) is 5.69 Å². The molecule has 0 aliphatic heterocycles. The smallest absolute Gasteiger partial charge is 0.264 e. The van der Waals surface area contributed by atoms with Crippen molar-refractivity contribution >= 4 is 22.5 Å². The third-order valence-corrected chi connectivity index (χ3v) is 4.59. The first-order valence-corrected chi connectivity index (χ1v) is 9.13. The van der Waals surface area contributed by atoms with Crippen molar-refractivity contribution in [3.63, 3.8) is 0 Å². The first kappa shape index (κ1) is 16.9. The number of fused-ring (bicyclic) bond motifs is 1. The Morgan fingerprint density at radius 3 is 2.58 bits per heavy atom. The Labute approximate surface area is 157 Å². The Hall–Kier alpha value is -2.59. The molecule has 0 bridgehead atoms. The molecular weight excluding hydrogens is 346 g/mol. The molecule has 0 amide bonds. The summed E-state index contributed by atoms with van der Waals surface area (Å²) in [6, 6.07) is 18.3. The molecule has 4 nitrogen and oxygen atoms in total. The van der Waals surface area contributed by atoms with Gasteiger partial charge in [-0.25, -0.2) is 0 Å². The van der Waals surface area contributed by atoms with Gasteiger partial charge in [0.25, 0.3) is 5.89 Å². The molecule has 0 saturated heterocycles. The molecule has 4 rings (SSSR count). The fourth-order valence-corrected chi connectivity index (χ4v) is 3.25. The molecule has 2 heterocycles. The van der Waals surface area contributed by atoms with E-state index in [0.29, 0.717) is 24.2 Å². The molecule has 0 N–H and O–H groups in total. The van der Waals surface area contributed by atoms with E-state index in [2.05, 4.69) is 46.8 Å². The number of benzene rings is 2. The molecule has 0 unspecified atom stereocenters. The van der Waals surface area contributed by atoms with Crippen molar-refractivity contribution in [3.8, 4) is 11.6 Å². The number of rotatable bonds is 5. The fraction of sp³-hybridized carbons (Fsp3) is 0.238. The van der Waals surface area contributed by atoms with Crippen LogP contribution in [-0.4, -0.2) is 14.8 Å². The molecule has 2 aromatic carbocycles. The topological polar surface area (TPSA) is 43.9 Å². The van der Waals surface area contributed by atoms with Gasteiger partial charge in [-0.05, 0) is 35.7 Å². The third kappa shape index (κ3) is 3.37. The second-order valence-electron chi connectivity index (χ2n) is 6.90. The molecule has 4 aromatic rings. The highest BCUT2D eigenvalue weighted by atomic mass is 35.5. The van der Waals surface area contributed by atoms with Gasteiger partial charge < -0.3 is 8.98 Å². The van der Waals surface area contributed by atoms with E-state index in [0.717, 1.165) is 28.0 Å². The SMILES string of the molecule is CC(C)Cc1nnc(-c2cc3ccccc3n2Cc2ccc(Cl)cc2)o1. The van der Waals surface area contributed by atoms with Crippen LogP contribution in [-0.2, 0) is 13.0 Å². The maximum atomic E-state index is 6.02. The molecule has 0 radical (unpaired) electrons. The maximum absolute atomic E-state index is 6.02. The van der Waals surface area contributed by atoms with Crippen molar-refractivity contribution in [2.45, 2.75) is 26.8 Å². The van der Waals surface area contributed by atoms with Gasteiger partial charge in [-0.1, -0.05) is 55.8 Å². The molecule has 2 aromatic heterocycles. The minimum atomic E-state index is 0.475. The average Bonchev–Trinajstić information content (AvgIpc) is 3.21. The van der Waals surface area contributed by atoms with Crippen LogP contribution in [0.15, 0.2) is 59.0 Å². The van der Waals surface area contributed by atoms with Gasteiger partial charge in [-0.2, -0.15) is 0 Å². The highest BCUT2D eigenvalue weighted by Crippen LogP contribution is 2.29. The summed E-state index contributed by atoms with van der Waals surface area (Å²) in [6.07, 6.45) is 0.782. The van der Waals surface area contributed by atoms with Crippen LogP contribution >= 0.6 is 11.6 Å². The number of hydrogen-bond donors (Lipinski definition) is 0. The summed E-state index contributed by atoms with van der Waals surface area (Å²) < 4.78 is 8.16. The maximum Gasteiger partial charge on any atom is 0.264 e. The van der Waals surface area contributed by atoms with E-state index in [4.69, 9.17) is 16.0 Å². The number of aromatic nitrogens is 3. The Morgan fingerprint density at radius 1 is 1.04 bits per heavy atom. The van der Waals surface area contributed by atoms with Gasteiger partial charge in [0, 0.05) is 28.9 Å². The van der Waals surface area contributed by atoms with Crippen molar-refractivity contribution in [1.29, 1.82) is 0 Å². The molecule has 0 aliphatic rings. The Bertz CT molecular complexity index is 1030. The van der Waals surface area contributed by atoms with Crippen LogP contribution in [0.4, 0.5) is 0 Å². The van der Waals surface area contributed by atoms with Crippen molar-refractivity contribution in [2.75, 3.05) is 0 Å². The highest BCUT2D eigenvalue weighted by Gasteiger charge is 2.17. The molecule has 0 saturated carbocycles. The summed E-state index contributed by atoms with van der Waals surface area (Å²) in [5, 5.41) is 10.4. The Balaban J connectivity index is 1.78. The summed E-state index contributed by atoms with van der Waals surface area (Å²) >= 11 is 6.02. The van der Waals surface area contributed by atoms with E-state index in [9.17, 15) is 0 Å². The first-order valence-electron chi connectivity index (χ1n) is 8.75. The molecule has 0 spiro atoms. The predicted octanol–water partition coefficient (Wildman–Crippen LogP) is 5.59. The van der Waals surface area contributed by atoms with Gasteiger partial charge >= 0.3 is 0 Å². The van der Waals surface area contributed by atoms with Crippen LogP contribution in [0.3, 0.4) is 0 Å². The molecular formula is C21H20ClN3O. The summed E-state index contributed by atoms with van der Waals surface area (Å²) in [5.74, 6) is 1.72. The van der Waals surface area contributed by atoms with Gasteiger partial charge in [0.15, 0.2) is 0 Å². The van der Waals surface area contributed by atoms with Crippen LogP contribution in [0.2, 0.25) is 5.02 Å². The van der Waals surface area contributed by atoms with Crippen LogP contribution < -0.4 is 0 Å². The normalized spacial score (nSPS) is 11.5. The van der Waals surface area contributed by atoms with E-state index in [1.807, 2.05) is 36.4 Å². The lowest BCUT2D eigenvalue weighted by Gasteiger charge is -2.09. The van der Waals surface area contributed by atoms with Crippen molar-refractivity contribution in [3.05, 3.63) is 71.1 Å². The van der Waals surface area contributed by atoms with Crippen LogP contribution in [0, 0.1) is 5.92 Å². The number of para-hydroxylation sites is 1. The molecule has 132 valence electrons. The minimum Gasteiger partial charge on any atom is -0.419 e. The van der Waals surface area contributed by atoms with Crippen LogP contribution in [0.5, 0.6) is 0 Å². The van der Waals surface area contributed by atoms with Crippen LogP contribution in [0.25, 0.3) is 22.5 Å². The highest BCUT2D eigenvalue weighted by molar-refractivity contribution is 6.30. The van der Waals surface area contributed by atoms with Gasteiger partial charge in [0.2, 0.25) is 5.89 Å². The van der Waals surface area contributed by atoms with Gasteiger partial charge in [0.05, 0.1) is 0 Å². The third-order valence-electron chi connectivity index (χ3n) is 4.33. The monoisotopic (exact) mass is 365 g/mol. The Kier molecular flexibility index (Phi) is 4.51. The lowest BCUT2D eigenvalue weighted by Crippen LogP contribution is -2.01. The fourth-order valence-electron chi connectivity index (χ4n) is 3.12. The zero-order chi connectivity index (χ0) is 18.1. The number of nitrogens with zero attached hydrogens (tertiary/aromatic N) is 3. The van der Waals surface area contributed by atoms with Crippen molar-refractivity contribution in [1.82, 2.24) is 14.8 Å². The number of halogens is 1. The van der Waals surface area contributed by atoms with E-state index in [1.165, 1.54) is 5.56 Å². The molecule has 26 heavy (non-hydrogen) atoms. The second-order valence-corrected chi connectivity index (χ2v) is 7.34. The predicted molar refractivity (Wildman–Crippen MR) is 104 cm³/mol. The largest absolute Gasteiger partial charge is 0.419 e. The van der Waals surface area contributed by atoms with E-state index in [-0.39, 0.29) is 0 Å². The molecule has 0 atom stereocenters. The lowest BCUT2D eigenvalue weighted by atomic mass is 10.1. The van der Waals surface area contributed by atoms with Crippen molar-refractivity contribution in [2.24, 2.45) is 5.92 Å². The standard InChI is InChI=1S/C21H20ClN3O/c1-14(2)11-20-23-24-21(26-20)19-12-16-5-3-4-6-18(16)25(19)13-15-7-9-17(22)10-8-15/h3-10,12,14H,11,13H2,1-2H3. The molecule has 5 heteroatoms. The zero-order valence-electron chi connectivity index (χ0n) is 14.8. The van der Waals surface area contributed by atoms with E-state index >= 15 is 0 Å². The summed E-state index contributed by atoms with van der Waals surface area (Å²) in [5.41, 5.74) is 3.24. The van der Waals surface area contributed by atoms with E-state index in [1.54, 1.807) is 0 Å². The average molecular weight is 366 g/mol. The second kappa shape index (κ2) is 6.96. The van der Waals surface area contributed by atoms with Crippen LogP contribution in [0.1, 0.15) is 25.3 Å². The summed E-state index contributed by atoms with van der Waals surface area (Å²) in [6.45, 7) is 4.99. The number of hydrogen-bond acceptors (Lipinski definition) is 3.